The van der Waals surface area contributed by atoms with Gasteiger partial charge in [0.2, 0.25) is 0 Å². The highest BCUT2D eigenvalue weighted by Gasteiger charge is 2.27. The summed E-state index contributed by atoms with van der Waals surface area (Å²) in [5.74, 6) is 0. The van der Waals surface area contributed by atoms with Crippen LogP contribution in [0, 0.1) is 0 Å². The van der Waals surface area contributed by atoms with E-state index in [0.717, 1.165) is 6.42 Å². The monoisotopic (exact) mass is 202 g/mol. The van der Waals surface area contributed by atoms with Crippen molar-refractivity contribution >= 4 is 16.4 Å². The molecule has 1 aliphatic rings. The van der Waals surface area contributed by atoms with E-state index in [9.17, 15) is 4.57 Å². The Kier molecular flexibility index (Phi) is 3.40. The second-order valence-electron chi connectivity index (χ2n) is 1.82. The van der Waals surface area contributed by atoms with Crippen molar-refractivity contribution in [3.8, 4) is 0 Å². The topological polar surface area (TPSA) is 85.2 Å². The van der Waals surface area contributed by atoms with E-state index >= 15 is 0 Å². The highest BCUT2D eigenvalue weighted by atomic mass is 31.3. The van der Waals surface area contributed by atoms with Crippen LogP contribution in [0.2, 0.25) is 0 Å². The third-order valence-electron chi connectivity index (χ3n) is 0.855. The molecule has 0 aliphatic carbocycles. The number of hydrogen-bond acceptors (Lipinski definition) is 4. The minimum Gasteiger partial charge on any atom is -0.312 e. The van der Waals surface area contributed by atoms with Gasteiger partial charge in [-0.1, -0.05) is 0 Å². The minimum atomic E-state index is -4.46. The molecule has 0 atom stereocenters. The Labute approximate surface area is 64.7 Å². The van der Waals surface area contributed by atoms with E-state index in [-0.39, 0.29) is 0 Å². The third kappa shape index (κ3) is 4.13. The van der Waals surface area contributed by atoms with Crippen molar-refractivity contribution in [2.24, 2.45) is 0 Å². The third-order valence-corrected chi connectivity index (χ3v) is 3.03. The Morgan fingerprint density at radius 2 is 1.91 bits per heavy atom. The normalized spacial score (nSPS) is 22.0. The molecule has 0 aromatic heterocycles. The van der Waals surface area contributed by atoms with Crippen molar-refractivity contribution < 1.29 is 27.7 Å². The molecule has 11 heavy (non-hydrogen) atoms. The molecule has 0 saturated carbocycles. The summed E-state index contributed by atoms with van der Waals surface area (Å²) in [4.78, 5) is 16.6. The molecule has 1 fully saturated rings. The Hall–Kier alpha value is 0.460. The number of rotatable bonds is 2. The molecular formula is C3H8O6P2. The Balaban J connectivity index is 2.30. The molecule has 2 N–H and O–H groups in total. The fraction of sp³-hybridized carbons (Fsp3) is 1.00. The summed E-state index contributed by atoms with van der Waals surface area (Å²) >= 11 is 0. The molecule has 0 bridgehead atoms. The molecule has 0 aromatic rings. The van der Waals surface area contributed by atoms with Gasteiger partial charge >= 0.3 is 16.4 Å². The molecule has 1 heterocycles. The van der Waals surface area contributed by atoms with Gasteiger partial charge < -0.3 is 18.8 Å². The van der Waals surface area contributed by atoms with Crippen LogP contribution in [-0.2, 0) is 17.9 Å². The predicted octanol–water partition coefficient (Wildman–Crippen LogP) is 0.759. The Morgan fingerprint density at radius 1 is 1.36 bits per heavy atom. The van der Waals surface area contributed by atoms with E-state index in [4.69, 9.17) is 18.8 Å². The van der Waals surface area contributed by atoms with Crippen molar-refractivity contribution in [1.82, 2.24) is 0 Å². The van der Waals surface area contributed by atoms with E-state index in [0.29, 0.717) is 13.2 Å². The van der Waals surface area contributed by atoms with Crippen LogP contribution in [0.25, 0.3) is 0 Å². The summed E-state index contributed by atoms with van der Waals surface area (Å²) in [6, 6.07) is 0. The smallest absolute Gasteiger partial charge is 0.312 e. The SMILES string of the molecule is O=P(O)(O)OP1OCCCO1. The summed E-state index contributed by atoms with van der Waals surface area (Å²) < 4.78 is 24.0. The van der Waals surface area contributed by atoms with Gasteiger partial charge in [0.15, 0.2) is 0 Å². The lowest BCUT2D eigenvalue weighted by Gasteiger charge is -2.20. The van der Waals surface area contributed by atoms with Crippen LogP contribution < -0.4 is 0 Å². The fourth-order valence-electron chi connectivity index (χ4n) is 0.508. The van der Waals surface area contributed by atoms with Crippen molar-refractivity contribution in [1.29, 1.82) is 0 Å². The largest absolute Gasteiger partial charge is 0.476 e. The molecule has 1 aliphatic heterocycles. The van der Waals surface area contributed by atoms with Crippen molar-refractivity contribution in [2.45, 2.75) is 6.42 Å². The molecule has 0 amide bonds. The summed E-state index contributed by atoms with van der Waals surface area (Å²) in [6.07, 6.45) is 0.726. The van der Waals surface area contributed by atoms with E-state index in [1.54, 1.807) is 0 Å². The molecule has 1 rings (SSSR count). The maximum absolute atomic E-state index is 10.2. The van der Waals surface area contributed by atoms with Gasteiger partial charge in [-0.25, -0.2) is 8.88 Å². The summed E-state index contributed by atoms with van der Waals surface area (Å²) in [7, 11) is -6.28. The lowest BCUT2D eigenvalue weighted by molar-refractivity contribution is 0.136. The first kappa shape index (κ1) is 9.55. The highest BCUT2D eigenvalue weighted by Crippen LogP contribution is 2.55. The zero-order valence-corrected chi connectivity index (χ0v) is 7.33. The van der Waals surface area contributed by atoms with Gasteiger partial charge in [0.1, 0.15) is 0 Å². The maximum atomic E-state index is 10.2. The molecule has 1 saturated heterocycles. The predicted molar refractivity (Wildman–Crippen MR) is 36.6 cm³/mol. The maximum Gasteiger partial charge on any atom is 0.476 e. The summed E-state index contributed by atoms with van der Waals surface area (Å²) in [6.45, 7) is 0.845. The fourth-order valence-corrected chi connectivity index (χ4v) is 2.21. The average Bonchev–Trinajstić information content (AvgIpc) is 1.85. The van der Waals surface area contributed by atoms with Crippen LogP contribution in [0.15, 0.2) is 0 Å². The summed E-state index contributed by atoms with van der Waals surface area (Å²) in [5, 5.41) is 0. The van der Waals surface area contributed by atoms with E-state index in [1.807, 2.05) is 0 Å². The Morgan fingerprint density at radius 3 is 2.36 bits per heavy atom. The molecule has 66 valence electrons. The van der Waals surface area contributed by atoms with Gasteiger partial charge in [0, 0.05) is 0 Å². The lowest BCUT2D eigenvalue weighted by Crippen LogP contribution is -2.05. The second-order valence-corrected chi connectivity index (χ2v) is 4.41. The van der Waals surface area contributed by atoms with E-state index in [2.05, 4.69) is 4.31 Å². The van der Waals surface area contributed by atoms with Crippen LogP contribution in [-0.4, -0.2) is 23.0 Å². The zero-order chi connectivity index (χ0) is 8.32. The van der Waals surface area contributed by atoms with Crippen LogP contribution in [0.4, 0.5) is 0 Å². The minimum absolute atomic E-state index is 0.422. The van der Waals surface area contributed by atoms with Gasteiger partial charge in [-0.3, -0.25) is 0 Å². The first-order chi connectivity index (χ1) is 5.08. The molecule has 0 unspecified atom stereocenters. The van der Waals surface area contributed by atoms with Crippen molar-refractivity contribution in [2.75, 3.05) is 13.2 Å². The van der Waals surface area contributed by atoms with E-state index < -0.39 is 16.4 Å². The quantitative estimate of drug-likeness (QED) is 0.643. The van der Waals surface area contributed by atoms with Crippen molar-refractivity contribution in [3.05, 3.63) is 0 Å². The number of hydrogen-bond donors (Lipinski definition) is 2. The van der Waals surface area contributed by atoms with Gasteiger partial charge in [-0.05, 0) is 6.42 Å². The van der Waals surface area contributed by atoms with Gasteiger partial charge in [0.25, 0.3) is 0 Å². The van der Waals surface area contributed by atoms with Crippen LogP contribution in [0.1, 0.15) is 6.42 Å². The van der Waals surface area contributed by atoms with E-state index in [1.165, 1.54) is 0 Å². The zero-order valence-electron chi connectivity index (χ0n) is 5.54. The summed E-state index contributed by atoms with van der Waals surface area (Å²) in [5.41, 5.74) is 0. The van der Waals surface area contributed by atoms with Crippen LogP contribution >= 0.6 is 16.4 Å². The average molecular weight is 202 g/mol. The second kappa shape index (κ2) is 3.92. The molecule has 0 spiro atoms. The Bertz CT molecular complexity index is 159. The standard InChI is InChI=1S/C3H8O6P2/c4-11(5,6)9-10-7-2-1-3-8-10/h1-3H2,(H2,4,5,6). The molecule has 6 nitrogen and oxygen atoms in total. The lowest BCUT2D eigenvalue weighted by atomic mass is 10.5. The van der Waals surface area contributed by atoms with Crippen molar-refractivity contribution in [3.63, 3.8) is 0 Å². The van der Waals surface area contributed by atoms with Crippen LogP contribution in [0.5, 0.6) is 0 Å². The number of phosphoric acid groups is 1. The molecule has 0 aromatic carbocycles. The molecule has 0 radical (unpaired) electrons. The van der Waals surface area contributed by atoms with Crippen LogP contribution in [0.3, 0.4) is 0 Å². The molecular weight excluding hydrogens is 194 g/mol. The van der Waals surface area contributed by atoms with Gasteiger partial charge in [-0.15, -0.1) is 0 Å². The molecule has 8 heteroatoms. The van der Waals surface area contributed by atoms with Gasteiger partial charge in [-0.2, -0.15) is 0 Å². The first-order valence-electron chi connectivity index (χ1n) is 2.89. The highest BCUT2D eigenvalue weighted by molar-refractivity contribution is 7.58. The first-order valence-corrected chi connectivity index (χ1v) is 5.52. The van der Waals surface area contributed by atoms with Gasteiger partial charge in [0.05, 0.1) is 13.2 Å².